The van der Waals surface area contributed by atoms with Gasteiger partial charge in [0.15, 0.2) is 0 Å². The third kappa shape index (κ3) is 2.02. The maximum Gasteiger partial charge on any atom is 0.207 e. The molecule has 93 valence electrons. The van der Waals surface area contributed by atoms with Crippen LogP contribution < -0.4 is 0 Å². The molecule has 3 heteroatoms. The Bertz CT molecular complexity index is 816. The van der Waals surface area contributed by atoms with E-state index in [9.17, 15) is 8.42 Å². The fraction of sp³-hybridized carbons (Fsp3) is 0. The zero-order valence-electron chi connectivity index (χ0n) is 10.1. The van der Waals surface area contributed by atoms with E-state index in [0.717, 1.165) is 10.8 Å². The largest absolute Gasteiger partial charge is 0.218 e. The van der Waals surface area contributed by atoms with Gasteiger partial charge in [0.25, 0.3) is 0 Å². The number of benzene rings is 3. The van der Waals surface area contributed by atoms with Crippen molar-refractivity contribution in [1.82, 2.24) is 0 Å². The van der Waals surface area contributed by atoms with Crippen molar-refractivity contribution in [3.63, 3.8) is 0 Å². The summed E-state index contributed by atoms with van der Waals surface area (Å²) < 4.78 is 25.3. The Balaban J connectivity index is 2.31. The van der Waals surface area contributed by atoms with E-state index in [1.807, 2.05) is 30.3 Å². The van der Waals surface area contributed by atoms with E-state index < -0.39 is 9.84 Å². The van der Waals surface area contributed by atoms with Gasteiger partial charge < -0.3 is 0 Å². The average molecular weight is 267 g/mol. The summed E-state index contributed by atoms with van der Waals surface area (Å²) in [6.45, 7) is 0. The van der Waals surface area contributed by atoms with Gasteiger partial charge in [0.05, 0.1) is 9.79 Å². The van der Waals surface area contributed by atoms with Crippen LogP contribution in [-0.2, 0) is 9.84 Å². The third-order valence-corrected chi connectivity index (χ3v) is 4.86. The molecule has 19 heavy (non-hydrogen) atoms. The Kier molecular flexibility index (Phi) is 2.84. The Hall–Kier alpha value is -2.13. The van der Waals surface area contributed by atoms with E-state index in [1.165, 1.54) is 0 Å². The van der Waals surface area contributed by atoms with E-state index >= 15 is 0 Å². The van der Waals surface area contributed by atoms with Crippen molar-refractivity contribution in [1.29, 1.82) is 0 Å². The van der Waals surface area contributed by atoms with Crippen molar-refractivity contribution < 1.29 is 8.42 Å². The summed E-state index contributed by atoms with van der Waals surface area (Å²) in [6.07, 6.45) is 0. The van der Waals surface area contributed by atoms with Crippen LogP contribution in [0.25, 0.3) is 10.8 Å². The first-order valence-electron chi connectivity index (χ1n) is 5.88. The van der Waals surface area contributed by atoms with Gasteiger partial charge in [0, 0.05) is 5.39 Å². The highest BCUT2D eigenvalue weighted by Crippen LogP contribution is 2.27. The molecule has 0 unspecified atom stereocenters. The summed E-state index contributed by atoms with van der Waals surface area (Å²) in [7, 11) is -3.49. The summed E-state index contributed by atoms with van der Waals surface area (Å²) in [5.74, 6) is 0. The van der Waals surface area contributed by atoms with Crippen molar-refractivity contribution in [2.75, 3.05) is 0 Å². The van der Waals surface area contributed by atoms with Gasteiger partial charge in [-0.05, 0) is 29.7 Å². The average Bonchev–Trinajstić information content (AvgIpc) is 2.47. The van der Waals surface area contributed by atoms with Gasteiger partial charge in [0.2, 0.25) is 9.84 Å². The van der Waals surface area contributed by atoms with Gasteiger partial charge in [-0.3, -0.25) is 0 Å². The van der Waals surface area contributed by atoms with Gasteiger partial charge >= 0.3 is 0 Å². The number of fused-ring (bicyclic) bond motifs is 1. The highest BCUT2D eigenvalue weighted by Gasteiger charge is 2.19. The number of hydrogen-bond acceptors (Lipinski definition) is 2. The van der Waals surface area contributed by atoms with Crippen LogP contribution in [0.5, 0.6) is 0 Å². The minimum Gasteiger partial charge on any atom is -0.218 e. The van der Waals surface area contributed by atoms with Crippen LogP contribution in [0.4, 0.5) is 0 Å². The molecule has 0 aromatic heterocycles. The van der Waals surface area contributed by atoms with E-state index in [4.69, 9.17) is 0 Å². The van der Waals surface area contributed by atoms with Crippen LogP contribution in [-0.4, -0.2) is 8.42 Å². The van der Waals surface area contributed by atoms with Crippen molar-refractivity contribution in [2.24, 2.45) is 0 Å². The molecule has 2 nitrogen and oxygen atoms in total. The molecule has 0 heterocycles. The standard InChI is InChI=1S/C16H11O2S/c17-19(18,14-9-2-1-3-10-14)16-12-6-8-13-7-4-5-11-15(13)16/h2-12H. The predicted molar refractivity (Wildman–Crippen MR) is 74.7 cm³/mol. The molecule has 0 atom stereocenters. The Morgan fingerprint density at radius 3 is 2.26 bits per heavy atom. The summed E-state index contributed by atoms with van der Waals surface area (Å²) in [5.41, 5.74) is 0. The maximum absolute atomic E-state index is 12.6. The van der Waals surface area contributed by atoms with E-state index in [2.05, 4.69) is 6.07 Å². The van der Waals surface area contributed by atoms with Gasteiger partial charge in [-0.15, -0.1) is 0 Å². The Morgan fingerprint density at radius 1 is 0.789 bits per heavy atom. The van der Waals surface area contributed by atoms with E-state index in [1.54, 1.807) is 36.4 Å². The minimum absolute atomic E-state index is 0.294. The second-order valence-electron chi connectivity index (χ2n) is 4.22. The first-order valence-corrected chi connectivity index (χ1v) is 7.37. The molecule has 3 aromatic carbocycles. The highest BCUT2D eigenvalue weighted by molar-refractivity contribution is 7.91. The Morgan fingerprint density at radius 2 is 1.47 bits per heavy atom. The van der Waals surface area contributed by atoms with Crippen LogP contribution in [0.2, 0.25) is 0 Å². The molecule has 0 amide bonds. The van der Waals surface area contributed by atoms with Crippen LogP contribution in [0.15, 0.2) is 76.5 Å². The van der Waals surface area contributed by atoms with Crippen molar-refractivity contribution in [3.05, 3.63) is 72.8 Å². The smallest absolute Gasteiger partial charge is 0.207 e. The van der Waals surface area contributed by atoms with Crippen molar-refractivity contribution >= 4 is 20.6 Å². The van der Waals surface area contributed by atoms with Gasteiger partial charge in [-0.25, -0.2) is 8.42 Å². The molecule has 0 aliphatic heterocycles. The highest BCUT2D eigenvalue weighted by atomic mass is 32.2. The molecule has 3 rings (SSSR count). The maximum atomic E-state index is 12.6. The molecule has 0 fully saturated rings. The van der Waals surface area contributed by atoms with Crippen molar-refractivity contribution in [3.8, 4) is 0 Å². The summed E-state index contributed by atoms with van der Waals surface area (Å²) in [5, 5.41) is 1.67. The lowest BCUT2D eigenvalue weighted by atomic mass is 10.1. The van der Waals surface area contributed by atoms with Crippen LogP contribution in [0, 0.1) is 6.07 Å². The molecular formula is C16H11O2S. The van der Waals surface area contributed by atoms with E-state index in [0.29, 0.717) is 9.79 Å². The molecule has 0 aliphatic rings. The molecule has 0 aliphatic carbocycles. The zero-order chi connectivity index (χ0) is 13.3. The normalized spacial score (nSPS) is 11.6. The second-order valence-corrected chi connectivity index (χ2v) is 6.13. The molecule has 0 saturated heterocycles. The van der Waals surface area contributed by atoms with Crippen molar-refractivity contribution in [2.45, 2.75) is 9.79 Å². The number of hydrogen-bond donors (Lipinski definition) is 0. The summed E-state index contributed by atoms with van der Waals surface area (Å²) in [6, 6.07) is 22.0. The molecule has 1 radical (unpaired) electrons. The molecular weight excluding hydrogens is 256 g/mol. The molecule has 0 saturated carbocycles. The summed E-state index contributed by atoms with van der Waals surface area (Å²) in [4.78, 5) is 0.638. The topological polar surface area (TPSA) is 34.1 Å². The fourth-order valence-corrected chi connectivity index (χ4v) is 3.59. The summed E-state index contributed by atoms with van der Waals surface area (Å²) >= 11 is 0. The monoisotopic (exact) mass is 267 g/mol. The lowest BCUT2D eigenvalue weighted by molar-refractivity contribution is 0.597. The molecule has 0 N–H and O–H groups in total. The SMILES string of the molecule is O=S(=O)(c1cc[c]cc1)c1cccc2ccccc12. The van der Waals surface area contributed by atoms with Gasteiger partial charge in [0.1, 0.15) is 0 Å². The lowest BCUT2D eigenvalue weighted by Gasteiger charge is -2.07. The number of rotatable bonds is 2. The zero-order valence-corrected chi connectivity index (χ0v) is 10.9. The quantitative estimate of drug-likeness (QED) is 0.712. The molecule has 3 aromatic rings. The molecule has 0 spiro atoms. The molecule has 0 bridgehead atoms. The van der Waals surface area contributed by atoms with Gasteiger partial charge in [-0.2, -0.15) is 0 Å². The predicted octanol–water partition coefficient (Wildman–Crippen LogP) is 3.47. The third-order valence-electron chi connectivity index (χ3n) is 3.04. The van der Waals surface area contributed by atoms with Crippen LogP contribution in [0.1, 0.15) is 0 Å². The van der Waals surface area contributed by atoms with Crippen LogP contribution >= 0.6 is 0 Å². The van der Waals surface area contributed by atoms with E-state index in [-0.39, 0.29) is 0 Å². The Labute approximate surface area is 112 Å². The second kappa shape index (κ2) is 4.52. The number of sulfone groups is 1. The van der Waals surface area contributed by atoms with Crippen LogP contribution in [0.3, 0.4) is 0 Å². The lowest BCUT2D eigenvalue weighted by Crippen LogP contribution is -2.02. The first-order chi connectivity index (χ1) is 9.19. The fourth-order valence-electron chi connectivity index (χ4n) is 2.11. The first kappa shape index (κ1) is 11.9. The minimum atomic E-state index is -3.49. The van der Waals surface area contributed by atoms with Gasteiger partial charge in [-0.1, -0.05) is 48.5 Å².